The molecule has 2 fully saturated rings. The summed E-state index contributed by atoms with van der Waals surface area (Å²) in [6.07, 6.45) is 8.97. The van der Waals surface area contributed by atoms with Gasteiger partial charge in [-0.1, -0.05) is 19.3 Å². The first-order chi connectivity index (χ1) is 8.81. The topological polar surface area (TPSA) is 55.6 Å². The molecular weight excluding hydrogens is 228 g/mol. The molecule has 2 N–H and O–H groups in total. The number of carbonyl (C=O) groups is 1. The van der Waals surface area contributed by atoms with E-state index in [-0.39, 0.29) is 12.5 Å². The summed E-state index contributed by atoms with van der Waals surface area (Å²) in [5.41, 5.74) is 5.36. The van der Waals surface area contributed by atoms with Gasteiger partial charge in [0.1, 0.15) is 6.61 Å². The molecule has 0 spiro atoms. The highest BCUT2D eigenvalue weighted by molar-refractivity contribution is 5.78. The van der Waals surface area contributed by atoms with Crippen molar-refractivity contribution in [1.29, 1.82) is 0 Å². The van der Waals surface area contributed by atoms with E-state index in [0.29, 0.717) is 19.2 Å². The Hall–Kier alpha value is -0.610. The van der Waals surface area contributed by atoms with Gasteiger partial charge in [0.2, 0.25) is 5.91 Å². The number of carbonyl (C=O) groups excluding carboxylic acids is 1. The van der Waals surface area contributed by atoms with Crippen LogP contribution in [0.1, 0.15) is 44.9 Å². The summed E-state index contributed by atoms with van der Waals surface area (Å²) in [6, 6.07) is 0.501. The SMILES string of the molecule is NCCOCC(=O)N(CC1CCCCC1)C1CC1. The lowest BCUT2D eigenvalue weighted by atomic mass is 9.89. The molecule has 0 saturated heterocycles. The standard InChI is InChI=1S/C14H26N2O2/c15-8-9-18-11-14(17)16(13-6-7-13)10-12-4-2-1-3-5-12/h12-13H,1-11,15H2. The molecule has 0 aromatic carbocycles. The Bertz CT molecular complexity index is 261. The fourth-order valence-corrected chi connectivity index (χ4v) is 2.81. The van der Waals surface area contributed by atoms with Crippen molar-refractivity contribution in [2.45, 2.75) is 51.0 Å². The maximum Gasteiger partial charge on any atom is 0.248 e. The van der Waals surface area contributed by atoms with Crippen molar-refractivity contribution in [3.8, 4) is 0 Å². The van der Waals surface area contributed by atoms with Crippen LogP contribution >= 0.6 is 0 Å². The highest BCUT2D eigenvalue weighted by Gasteiger charge is 2.34. The number of ether oxygens (including phenoxy) is 1. The van der Waals surface area contributed by atoms with E-state index in [0.717, 1.165) is 12.5 Å². The van der Waals surface area contributed by atoms with Crippen LogP contribution in [0.5, 0.6) is 0 Å². The maximum absolute atomic E-state index is 12.1. The van der Waals surface area contributed by atoms with Crippen molar-refractivity contribution in [3.05, 3.63) is 0 Å². The van der Waals surface area contributed by atoms with E-state index in [1.165, 1.54) is 44.9 Å². The third-order valence-corrected chi connectivity index (χ3v) is 3.98. The molecule has 0 aromatic rings. The normalized spacial score (nSPS) is 20.9. The minimum atomic E-state index is 0.163. The molecule has 0 radical (unpaired) electrons. The third-order valence-electron chi connectivity index (χ3n) is 3.98. The van der Waals surface area contributed by atoms with E-state index in [1.54, 1.807) is 0 Å². The molecule has 2 aliphatic carbocycles. The molecule has 2 rings (SSSR count). The summed E-state index contributed by atoms with van der Waals surface area (Å²) >= 11 is 0. The highest BCUT2D eigenvalue weighted by atomic mass is 16.5. The maximum atomic E-state index is 12.1. The molecule has 0 heterocycles. The summed E-state index contributed by atoms with van der Waals surface area (Å²) in [5, 5.41) is 0. The minimum absolute atomic E-state index is 0.163. The van der Waals surface area contributed by atoms with Gasteiger partial charge >= 0.3 is 0 Å². The molecule has 1 amide bonds. The van der Waals surface area contributed by atoms with Gasteiger partial charge in [-0.2, -0.15) is 0 Å². The minimum Gasteiger partial charge on any atom is -0.370 e. The summed E-state index contributed by atoms with van der Waals surface area (Å²) in [7, 11) is 0. The van der Waals surface area contributed by atoms with Crippen molar-refractivity contribution >= 4 is 5.91 Å². The molecule has 0 bridgehead atoms. The first-order valence-corrected chi connectivity index (χ1v) is 7.38. The average molecular weight is 254 g/mol. The third kappa shape index (κ3) is 4.25. The molecule has 2 saturated carbocycles. The second-order valence-electron chi connectivity index (χ2n) is 5.62. The highest BCUT2D eigenvalue weighted by Crippen LogP contribution is 2.31. The lowest BCUT2D eigenvalue weighted by Gasteiger charge is -2.30. The van der Waals surface area contributed by atoms with E-state index in [4.69, 9.17) is 10.5 Å². The van der Waals surface area contributed by atoms with E-state index >= 15 is 0 Å². The fraction of sp³-hybridized carbons (Fsp3) is 0.929. The summed E-state index contributed by atoms with van der Waals surface area (Å²) < 4.78 is 5.28. The lowest BCUT2D eigenvalue weighted by Crippen LogP contribution is -2.40. The second kappa shape index (κ2) is 7.10. The zero-order chi connectivity index (χ0) is 12.8. The molecule has 4 nitrogen and oxygen atoms in total. The molecule has 4 heteroatoms. The van der Waals surface area contributed by atoms with Gasteiger partial charge in [-0.15, -0.1) is 0 Å². The summed E-state index contributed by atoms with van der Waals surface area (Å²) in [4.78, 5) is 14.2. The first-order valence-electron chi connectivity index (χ1n) is 7.38. The van der Waals surface area contributed by atoms with Gasteiger partial charge in [0.15, 0.2) is 0 Å². The van der Waals surface area contributed by atoms with Gasteiger partial charge < -0.3 is 15.4 Å². The summed E-state index contributed by atoms with van der Waals surface area (Å²) in [6.45, 7) is 2.13. The Morgan fingerprint density at radius 3 is 2.50 bits per heavy atom. The van der Waals surface area contributed by atoms with Crippen LogP contribution in [0.25, 0.3) is 0 Å². The lowest BCUT2D eigenvalue weighted by molar-refractivity contribution is -0.137. The van der Waals surface area contributed by atoms with Crippen LogP contribution in [-0.2, 0) is 9.53 Å². The zero-order valence-corrected chi connectivity index (χ0v) is 11.3. The fourth-order valence-electron chi connectivity index (χ4n) is 2.81. The van der Waals surface area contributed by atoms with E-state index in [2.05, 4.69) is 4.90 Å². The number of hydrogen-bond acceptors (Lipinski definition) is 3. The number of nitrogens with zero attached hydrogens (tertiary/aromatic N) is 1. The van der Waals surface area contributed by atoms with Gasteiger partial charge in [0, 0.05) is 19.1 Å². The summed E-state index contributed by atoms with van der Waals surface area (Å²) in [5.74, 6) is 0.884. The average Bonchev–Trinajstić information content (AvgIpc) is 3.21. The van der Waals surface area contributed by atoms with Gasteiger partial charge in [0.05, 0.1) is 6.61 Å². The van der Waals surface area contributed by atoms with Crippen molar-refractivity contribution in [1.82, 2.24) is 4.90 Å². The van der Waals surface area contributed by atoms with Crippen molar-refractivity contribution in [2.24, 2.45) is 11.7 Å². The zero-order valence-electron chi connectivity index (χ0n) is 11.3. The van der Waals surface area contributed by atoms with Crippen LogP contribution < -0.4 is 5.73 Å². The van der Waals surface area contributed by atoms with Gasteiger partial charge in [-0.25, -0.2) is 0 Å². The molecular formula is C14H26N2O2. The Kier molecular flexibility index (Phi) is 5.45. The quantitative estimate of drug-likeness (QED) is 0.701. The molecule has 0 aliphatic heterocycles. The number of hydrogen-bond donors (Lipinski definition) is 1. The van der Waals surface area contributed by atoms with Crippen LogP contribution in [0.4, 0.5) is 0 Å². The van der Waals surface area contributed by atoms with Crippen molar-refractivity contribution in [3.63, 3.8) is 0 Å². The Labute approximate surface area is 110 Å². The molecule has 0 atom stereocenters. The van der Waals surface area contributed by atoms with E-state index < -0.39 is 0 Å². The molecule has 104 valence electrons. The number of amides is 1. The largest absolute Gasteiger partial charge is 0.370 e. The van der Waals surface area contributed by atoms with Crippen molar-refractivity contribution in [2.75, 3.05) is 26.3 Å². The Balaban J connectivity index is 1.77. The molecule has 0 aromatic heterocycles. The monoisotopic (exact) mass is 254 g/mol. The van der Waals surface area contributed by atoms with Crippen LogP contribution in [0, 0.1) is 5.92 Å². The molecule has 2 aliphatic rings. The van der Waals surface area contributed by atoms with Crippen LogP contribution in [0.2, 0.25) is 0 Å². The van der Waals surface area contributed by atoms with E-state index in [1.807, 2.05) is 0 Å². The van der Waals surface area contributed by atoms with Crippen LogP contribution in [0.3, 0.4) is 0 Å². The smallest absolute Gasteiger partial charge is 0.248 e. The van der Waals surface area contributed by atoms with Gasteiger partial charge in [0.25, 0.3) is 0 Å². The van der Waals surface area contributed by atoms with Crippen molar-refractivity contribution < 1.29 is 9.53 Å². The number of nitrogens with two attached hydrogens (primary N) is 1. The molecule has 0 unspecified atom stereocenters. The van der Waals surface area contributed by atoms with E-state index in [9.17, 15) is 4.79 Å². The Morgan fingerprint density at radius 2 is 1.89 bits per heavy atom. The number of rotatable bonds is 7. The molecule has 18 heavy (non-hydrogen) atoms. The van der Waals surface area contributed by atoms with Crippen LogP contribution in [0.15, 0.2) is 0 Å². The van der Waals surface area contributed by atoms with Crippen LogP contribution in [-0.4, -0.2) is 43.2 Å². The predicted molar refractivity (Wildman–Crippen MR) is 71.2 cm³/mol. The predicted octanol–water partition coefficient (Wildman–Crippen LogP) is 1.53. The first kappa shape index (κ1) is 13.8. The second-order valence-corrected chi connectivity index (χ2v) is 5.62. The van der Waals surface area contributed by atoms with Gasteiger partial charge in [-0.05, 0) is 31.6 Å². The van der Waals surface area contributed by atoms with Gasteiger partial charge in [-0.3, -0.25) is 4.79 Å². The Morgan fingerprint density at radius 1 is 1.17 bits per heavy atom.